The minimum absolute atomic E-state index is 0.233. The Morgan fingerprint density at radius 3 is 2.56 bits per heavy atom. The number of amides is 1. The Morgan fingerprint density at radius 1 is 1.39 bits per heavy atom. The maximum absolute atomic E-state index is 11.7. The number of nitrogens with zero attached hydrogens (tertiary/aromatic N) is 1. The number of rotatable bonds is 5. The van der Waals surface area contributed by atoms with Crippen molar-refractivity contribution in [3.8, 4) is 0 Å². The minimum atomic E-state index is -0.867. The Bertz CT molecular complexity index is 438. The van der Waals surface area contributed by atoms with Crippen molar-refractivity contribution in [3.63, 3.8) is 0 Å². The second-order valence-corrected chi connectivity index (χ2v) is 4.88. The van der Waals surface area contributed by atoms with E-state index in [1.165, 1.54) is 6.20 Å². The molecule has 1 aromatic heterocycles. The van der Waals surface area contributed by atoms with Gasteiger partial charge in [0, 0.05) is 18.4 Å². The van der Waals surface area contributed by atoms with Crippen LogP contribution in [0, 0.1) is 12.3 Å². The molecule has 1 rings (SSSR count). The molecular weight excluding hydrogens is 232 g/mol. The molecule has 5 heteroatoms. The molecule has 0 aliphatic carbocycles. The van der Waals surface area contributed by atoms with Crippen LogP contribution in [0.3, 0.4) is 0 Å². The molecular formula is C13H18N2O3. The van der Waals surface area contributed by atoms with Crippen molar-refractivity contribution in [2.45, 2.75) is 27.2 Å². The second-order valence-electron chi connectivity index (χ2n) is 4.88. The van der Waals surface area contributed by atoms with Gasteiger partial charge in [-0.05, 0) is 39.3 Å². The Morgan fingerprint density at radius 2 is 2.06 bits per heavy atom. The van der Waals surface area contributed by atoms with Gasteiger partial charge in [0.25, 0.3) is 5.91 Å². The molecule has 0 aliphatic rings. The summed E-state index contributed by atoms with van der Waals surface area (Å²) in [5.41, 5.74) is 0.492. The van der Waals surface area contributed by atoms with Gasteiger partial charge in [0.15, 0.2) is 0 Å². The lowest BCUT2D eigenvalue weighted by atomic mass is 9.90. The summed E-state index contributed by atoms with van der Waals surface area (Å²) < 4.78 is 0. The lowest BCUT2D eigenvalue weighted by Crippen LogP contribution is -2.32. The van der Waals surface area contributed by atoms with Gasteiger partial charge in [0.05, 0.1) is 11.0 Å². The van der Waals surface area contributed by atoms with E-state index in [1.807, 2.05) is 6.92 Å². The van der Waals surface area contributed by atoms with Crippen molar-refractivity contribution in [1.29, 1.82) is 0 Å². The van der Waals surface area contributed by atoms with Crippen molar-refractivity contribution in [3.05, 3.63) is 29.6 Å². The molecule has 0 unspecified atom stereocenters. The molecule has 5 nitrogen and oxygen atoms in total. The highest BCUT2D eigenvalue weighted by molar-refractivity contribution is 5.93. The zero-order valence-corrected chi connectivity index (χ0v) is 10.9. The molecule has 0 spiro atoms. The smallest absolute Gasteiger partial charge is 0.309 e. The van der Waals surface area contributed by atoms with Crippen molar-refractivity contribution < 1.29 is 14.7 Å². The first-order valence-corrected chi connectivity index (χ1v) is 5.77. The van der Waals surface area contributed by atoms with E-state index in [0.717, 1.165) is 5.69 Å². The fraction of sp³-hybridized carbons (Fsp3) is 0.462. The van der Waals surface area contributed by atoms with E-state index >= 15 is 0 Å². The number of aryl methyl sites for hydroxylation is 1. The van der Waals surface area contributed by atoms with Gasteiger partial charge >= 0.3 is 5.97 Å². The first kappa shape index (κ1) is 14.2. The van der Waals surface area contributed by atoms with Gasteiger partial charge < -0.3 is 10.4 Å². The van der Waals surface area contributed by atoms with Gasteiger partial charge in [-0.25, -0.2) is 0 Å². The summed E-state index contributed by atoms with van der Waals surface area (Å²) in [5, 5.41) is 11.6. The van der Waals surface area contributed by atoms with Crippen molar-refractivity contribution in [2.24, 2.45) is 5.41 Å². The summed E-state index contributed by atoms with van der Waals surface area (Å²) in [6, 6.07) is 3.45. The molecule has 0 fully saturated rings. The van der Waals surface area contributed by atoms with E-state index in [-0.39, 0.29) is 5.91 Å². The third kappa shape index (κ3) is 3.84. The van der Waals surface area contributed by atoms with E-state index in [2.05, 4.69) is 10.3 Å². The van der Waals surface area contributed by atoms with E-state index in [0.29, 0.717) is 18.5 Å². The number of aromatic nitrogens is 1. The molecule has 0 atom stereocenters. The number of pyridine rings is 1. The number of carbonyl (C=O) groups is 2. The molecule has 0 aromatic carbocycles. The van der Waals surface area contributed by atoms with Gasteiger partial charge in [-0.15, -0.1) is 0 Å². The molecule has 2 N–H and O–H groups in total. The van der Waals surface area contributed by atoms with Crippen LogP contribution in [0.2, 0.25) is 0 Å². The standard InChI is InChI=1S/C13H18N2O3/c1-9-4-5-10(8-15-9)11(16)14-7-6-13(2,3)12(17)18/h4-5,8H,6-7H2,1-3H3,(H,14,16)(H,17,18). The van der Waals surface area contributed by atoms with Crippen LogP contribution in [-0.4, -0.2) is 28.5 Å². The zero-order chi connectivity index (χ0) is 13.8. The van der Waals surface area contributed by atoms with E-state index in [1.54, 1.807) is 26.0 Å². The van der Waals surface area contributed by atoms with E-state index < -0.39 is 11.4 Å². The lowest BCUT2D eigenvalue weighted by molar-refractivity contribution is -0.147. The predicted octanol–water partition coefficient (Wildman–Crippen LogP) is 1.62. The highest BCUT2D eigenvalue weighted by Crippen LogP contribution is 2.19. The topological polar surface area (TPSA) is 79.3 Å². The van der Waals surface area contributed by atoms with Gasteiger partial charge in [-0.1, -0.05) is 0 Å². The molecule has 98 valence electrons. The first-order chi connectivity index (χ1) is 8.33. The zero-order valence-electron chi connectivity index (χ0n) is 10.9. The van der Waals surface area contributed by atoms with Crippen LogP contribution in [0.25, 0.3) is 0 Å². The SMILES string of the molecule is Cc1ccc(C(=O)NCCC(C)(C)C(=O)O)cn1. The van der Waals surface area contributed by atoms with Crippen LogP contribution >= 0.6 is 0 Å². The molecule has 0 aliphatic heterocycles. The highest BCUT2D eigenvalue weighted by Gasteiger charge is 2.26. The fourth-order valence-electron chi connectivity index (χ4n) is 1.30. The Labute approximate surface area is 106 Å². The monoisotopic (exact) mass is 250 g/mol. The number of carboxylic acids is 1. The Hall–Kier alpha value is -1.91. The van der Waals surface area contributed by atoms with Crippen LogP contribution in [0.5, 0.6) is 0 Å². The highest BCUT2D eigenvalue weighted by atomic mass is 16.4. The van der Waals surface area contributed by atoms with E-state index in [4.69, 9.17) is 5.11 Å². The Kier molecular flexibility index (Phi) is 4.42. The van der Waals surface area contributed by atoms with Crippen LogP contribution in [0.1, 0.15) is 36.3 Å². The number of carboxylic acid groups (broad SMARTS) is 1. The van der Waals surface area contributed by atoms with Gasteiger partial charge in [0.1, 0.15) is 0 Å². The summed E-state index contributed by atoms with van der Waals surface area (Å²) in [6.45, 7) is 5.44. The molecule has 1 amide bonds. The molecule has 18 heavy (non-hydrogen) atoms. The molecule has 1 aromatic rings. The van der Waals surface area contributed by atoms with Crippen molar-refractivity contribution in [1.82, 2.24) is 10.3 Å². The third-order valence-electron chi connectivity index (χ3n) is 2.79. The van der Waals surface area contributed by atoms with Gasteiger partial charge in [-0.2, -0.15) is 0 Å². The molecule has 0 radical (unpaired) electrons. The molecule has 0 bridgehead atoms. The Balaban J connectivity index is 2.47. The summed E-state index contributed by atoms with van der Waals surface area (Å²) in [5.74, 6) is -1.10. The maximum atomic E-state index is 11.7. The number of nitrogens with one attached hydrogen (secondary N) is 1. The van der Waals surface area contributed by atoms with Crippen LogP contribution in [-0.2, 0) is 4.79 Å². The third-order valence-corrected chi connectivity index (χ3v) is 2.79. The van der Waals surface area contributed by atoms with Crippen molar-refractivity contribution >= 4 is 11.9 Å². The van der Waals surface area contributed by atoms with Crippen LogP contribution in [0.15, 0.2) is 18.3 Å². The predicted molar refractivity (Wildman–Crippen MR) is 67.3 cm³/mol. The average Bonchev–Trinajstić information content (AvgIpc) is 2.29. The summed E-state index contributed by atoms with van der Waals surface area (Å²) >= 11 is 0. The van der Waals surface area contributed by atoms with Gasteiger partial charge in [-0.3, -0.25) is 14.6 Å². The fourth-order valence-corrected chi connectivity index (χ4v) is 1.30. The summed E-state index contributed by atoms with van der Waals surface area (Å²) in [6.07, 6.45) is 1.89. The second kappa shape index (κ2) is 5.62. The average molecular weight is 250 g/mol. The molecule has 0 saturated heterocycles. The van der Waals surface area contributed by atoms with E-state index in [9.17, 15) is 9.59 Å². The number of hydrogen-bond donors (Lipinski definition) is 2. The van der Waals surface area contributed by atoms with Crippen molar-refractivity contribution in [2.75, 3.05) is 6.54 Å². The summed E-state index contributed by atoms with van der Waals surface area (Å²) in [7, 11) is 0. The van der Waals surface area contributed by atoms with Crippen LogP contribution < -0.4 is 5.32 Å². The normalized spacial score (nSPS) is 11.1. The van der Waals surface area contributed by atoms with Gasteiger partial charge in [0.2, 0.25) is 0 Å². The quantitative estimate of drug-likeness (QED) is 0.832. The lowest BCUT2D eigenvalue weighted by Gasteiger charge is -2.18. The first-order valence-electron chi connectivity index (χ1n) is 5.77. The largest absolute Gasteiger partial charge is 0.481 e. The van der Waals surface area contributed by atoms with Crippen LogP contribution in [0.4, 0.5) is 0 Å². The number of hydrogen-bond acceptors (Lipinski definition) is 3. The molecule has 1 heterocycles. The molecule has 0 saturated carbocycles. The summed E-state index contributed by atoms with van der Waals surface area (Å²) in [4.78, 5) is 26.6. The number of aliphatic carboxylic acids is 1. The maximum Gasteiger partial charge on any atom is 0.309 e. The number of carbonyl (C=O) groups excluding carboxylic acids is 1. The minimum Gasteiger partial charge on any atom is -0.481 e.